The van der Waals surface area contributed by atoms with Crippen molar-refractivity contribution >= 4 is 16.0 Å². The Morgan fingerprint density at radius 1 is 1.50 bits per heavy atom. The van der Waals surface area contributed by atoms with Gasteiger partial charge in [0.15, 0.2) is 0 Å². The standard InChI is InChI=1S/C12H20N2O5S/c1-3-14-8-10(7-11(14)12(16)17)20(18,19)13-6-4-5-9(2)15/h7-9,13,15H,3-6H2,1-2H3,(H,16,17). The molecule has 0 spiro atoms. The minimum Gasteiger partial charge on any atom is -0.477 e. The molecule has 0 aliphatic heterocycles. The number of aromatic carboxylic acids is 1. The van der Waals surface area contributed by atoms with Gasteiger partial charge in [0.2, 0.25) is 10.0 Å². The van der Waals surface area contributed by atoms with E-state index in [0.717, 1.165) is 6.07 Å². The highest BCUT2D eigenvalue weighted by Gasteiger charge is 2.20. The van der Waals surface area contributed by atoms with E-state index in [-0.39, 0.29) is 17.1 Å². The summed E-state index contributed by atoms with van der Waals surface area (Å²) >= 11 is 0. The molecule has 0 aliphatic rings. The molecule has 0 amide bonds. The third kappa shape index (κ3) is 4.32. The van der Waals surface area contributed by atoms with Crippen molar-refractivity contribution in [2.45, 2.75) is 44.2 Å². The van der Waals surface area contributed by atoms with E-state index in [1.54, 1.807) is 13.8 Å². The normalized spacial score (nSPS) is 13.3. The quantitative estimate of drug-likeness (QED) is 0.611. The van der Waals surface area contributed by atoms with Gasteiger partial charge in [-0.3, -0.25) is 0 Å². The highest BCUT2D eigenvalue weighted by molar-refractivity contribution is 7.89. The minimum atomic E-state index is -3.72. The number of carboxylic acid groups (broad SMARTS) is 1. The molecule has 7 nitrogen and oxygen atoms in total. The second-order valence-electron chi connectivity index (χ2n) is 4.54. The summed E-state index contributed by atoms with van der Waals surface area (Å²) in [4.78, 5) is 10.9. The molecule has 1 aromatic rings. The molecule has 1 rings (SSSR count). The van der Waals surface area contributed by atoms with Gasteiger partial charge in [0.05, 0.1) is 6.10 Å². The Bertz CT molecular complexity index is 562. The zero-order valence-electron chi connectivity index (χ0n) is 11.5. The smallest absolute Gasteiger partial charge is 0.352 e. The molecule has 1 aromatic heterocycles. The summed E-state index contributed by atoms with van der Waals surface area (Å²) in [5, 5.41) is 18.1. The summed E-state index contributed by atoms with van der Waals surface area (Å²) in [6.45, 7) is 3.94. The van der Waals surface area contributed by atoms with E-state index < -0.39 is 22.1 Å². The van der Waals surface area contributed by atoms with Crippen molar-refractivity contribution in [2.24, 2.45) is 0 Å². The first-order chi connectivity index (χ1) is 9.27. The van der Waals surface area contributed by atoms with Gasteiger partial charge in [0, 0.05) is 19.3 Å². The topological polar surface area (TPSA) is 109 Å². The lowest BCUT2D eigenvalue weighted by Crippen LogP contribution is -2.25. The van der Waals surface area contributed by atoms with Crippen molar-refractivity contribution in [1.29, 1.82) is 0 Å². The number of rotatable bonds is 8. The van der Waals surface area contributed by atoms with Crippen LogP contribution in [-0.2, 0) is 16.6 Å². The zero-order chi connectivity index (χ0) is 15.3. The number of aliphatic hydroxyl groups is 1. The maximum absolute atomic E-state index is 12.0. The summed E-state index contributed by atoms with van der Waals surface area (Å²) in [6.07, 6.45) is 1.84. The summed E-state index contributed by atoms with van der Waals surface area (Å²) in [5.74, 6) is -1.16. The summed E-state index contributed by atoms with van der Waals surface area (Å²) in [6, 6.07) is 1.14. The molecular weight excluding hydrogens is 284 g/mol. The van der Waals surface area contributed by atoms with E-state index in [9.17, 15) is 13.2 Å². The molecule has 3 N–H and O–H groups in total. The number of aliphatic hydroxyl groups excluding tert-OH is 1. The molecular formula is C12H20N2O5S. The summed E-state index contributed by atoms with van der Waals surface area (Å²) in [5.41, 5.74) is -0.0585. The Balaban J connectivity index is 2.80. The molecule has 0 saturated heterocycles. The second-order valence-corrected chi connectivity index (χ2v) is 6.31. The molecule has 0 aromatic carbocycles. The van der Waals surface area contributed by atoms with E-state index >= 15 is 0 Å². The Labute approximate surface area is 118 Å². The lowest BCUT2D eigenvalue weighted by Gasteiger charge is -2.06. The predicted molar refractivity (Wildman–Crippen MR) is 73.2 cm³/mol. The third-order valence-corrected chi connectivity index (χ3v) is 4.26. The van der Waals surface area contributed by atoms with Crippen molar-refractivity contribution in [2.75, 3.05) is 6.54 Å². The van der Waals surface area contributed by atoms with Gasteiger partial charge in [-0.25, -0.2) is 17.9 Å². The Kier molecular flexibility index (Phi) is 5.73. The zero-order valence-corrected chi connectivity index (χ0v) is 12.4. The Hall–Kier alpha value is -1.38. The lowest BCUT2D eigenvalue weighted by atomic mass is 10.2. The fourth-order valence-electron chi connectivity index (χ4n) is 1.76. The Morgan fingerprint density at radius 3 is 2.60 bits per heavy atom. The molecule has 0 aliphatic carbocycles. The average Bonchev–Trinajstić information content (AvgIpc) is 2.79. The third-order valence-electron chi connectivity index (χ3n) is 2.83. The van der Waals surface area contributed by atoms with Crippen molar-refractivity contribution < 1.29 is 23.4 Å². The first-order valence-electron chi connectivity index (χ1n) is 6.39. The molecule has 1 unspecified atom stereocenters. The fraction of sp³-hybridized carbons (Fsp3) is 0.583. The fourth-order valence-corrected chi connectivity index (χ4v) is 2.87. The van der Waals surface area contributed by atoms with Crippen LogP contribution in [0.25, 0.3) is 0 Å². The molecule has 0 saturated carbocycles. The predicted octanol–water partition coefficient (Wildman–Crippen LogP) is 0.645. The number of nitrogens with one attached hydrogen (secondary N) is 1. The first-order valence-corrected chi connectivity index (χ1v) is 7.87. The monoisotopic (exact) mass is 304 g/mol. The number of carboxylic acids is 1. The van der Waals surface area contributed by atoms with Crippen LogP contribution in [0.4, 0.5) is 0 Å². The molecule has 0 bridgehead atoms. The van der Waals surface area contributed by atoms with Gasteiger partial charge in [0.1, 0.15) is 10.6 Å². The first kappa shape index (κ1) is 16.7. The van der Waals surface area contributed by atoms with E-state index in [1.807, 2.05) is 0 Å². The lowest BCUT2D eigenvalue weighted by molar-refractivity contribution is 0.0685. The van der Waals surface area contributed by atoms with Crippen LogP contribution in [-0.4, -0.2) is 41.8 Å². The van der Waals surface area contributed by atoms with Crippen LogP contribution in [0.1, 0.15) is 37.2 Å². The molecule has 0 radical (unpaired) electrons. The SMILES string of the molecule is CCn1cc(S(=O)(=O)NCCCC(C)O)cc1C(=O)O. The van der Waals surface area contributed by atoms with Gasteiger partial charge >= 0.3 is 5.97 Å². The maximum Gasteiger partial charge on any atom is 0.352 e. The number of aryl methyl sites for hydroxylation is 1. The molecule has 1 atom stereocenters. The van der Waals surface area contributed by atoms with Crippen LogP contribution in [0.5, 0.6) is 0 Å². The van der Waals surface area contributed by atoms with Crippen molar-refractivity contribution in [3.05, 3.63) is 18.0 Å². The largest absolute Gasteiger partial charge is 0.477 e. The van der Waals surface area contributed by atoms with Crippen LogP contribution >= 0.6 is 0 Å². The van der Waals surface area contributed by atoms with Crippen LogP contribution in [0.3, 0.4) is 0 Å². The highest BCUT2D eigenvalue weighted by atomic mass is 32.2. The van der Waals surface area contributed by atoms with E-state index in [1.165, 1.54) is 10.8 Å². The van der Waals surface area contributed by atoms with E-state index in [0.29, 0.717) is 19.4 Å². The molecule has 114 valence electrons. The maximum atomic E-state index is 12.0. The molecule has 1 heterocycles. The van der Waals surface area contributed by atoms with E-state index in [4.69, 9.17) is 10.2 Å². The van der Waals surface area contributed by atoms with Crippen molar-refractivity contribution in [1.82, 2.24) is 9.29 Å². The van der Waals surface area contributed by atoms with Crippen LogP contribution in [0.2, 0.25) is 0 Å². The summed E-state index contributed by atoms with van der Waals surface area (Å²) < 4.78 is 27.8. The Morgan fingerprint density at radius 2 is 2.15 bits per heavy atom. The molecule has 0 fully saturated rings. The highest BCUT2D eigenvalue weighted by Crippen LogP contribution is 2.14. The van der Waals surface area contributed by atoms with Gasteiger partial charge in [0.25, 0.3) is 0 Å². The molecule has 20 heavy (non-hydrogen) atoms. The van der Waals surface area contributed by atoms with Gasteiger partial charge < -0.3 is 14.8 Å². The van der Waals surface area contributed by atoms with Crippen molar-refractivity contribution in [3.8, 4) is 0 Å². The number of hydrogen-bond donors (Lipinski definition) is 3. The number of sulfonamides is 1. The van der Waals surface area contributed by atoms with Gasteiger partial charge in [-0.05, 0) is 32.8 Å². The van der Waals surface area contributed by atoms with Crippen molar-refractivity contribution in [3.63, 3.8) is 0 Å². The van der Waals surface area contributed by atoms with Crippen LogP contribution < -0.4 is 4.72 Å². The minimum absolute atomic E-state index is 0.0585. The average molecular weight is 304 g/mol. The van der Waals surface area contributed by atoms with Crippen LogP contribution in [0.15, 0.2) is 17.2 Å². The number of aromatic nitrogens is 1. The van der Waals surface area contributed by atoms with Crippen LogP contribution in [0, 0.1) is 0 Å². The van der Waals surface area contributed by atoms with Gasteiger partial charge in [-0.15, -0.1) is 0 Å². The second kappa shape index (κ2) is 6.87. The molecule has 8 heteroatoms. The van der Waals surface area contributed by atoms with Gasteiger partial charge in [-0.2, -0.15) is 0 Å². The summed E-state index contributed by atoms with van der Waals surface area (Å²) in [7, 11) is -3.72. The number of nitrogens with zero attached hydrogens (tertiary/aromatic N) is 1. The van der Waals surface area contributed by atoms with E-state index in [2.05, 4.69) is 4.72 Å². The number of carbonyl (C=O) groups is 1. The number of hydrogen-bond acceptors (Lipinski definition) is 4. The van der Waals surface area contributed by atoms with Gasteiger partial charge in [-0.1, -0.05) is 0 Å².